The summed E-state index contributed by atoms with van der Waals surface area (Å²) in [7, 11) is -2.25. The smallest absolute Gasteiger partial charge is 0.258 e. The van der Waals surface area contributed by atoms with E-state index in [4.69, 9.17) is 4.74 Å². The summed E-state index contributed by atoms with van der Waals surface area (Å²) < 4.78 is 32.3. The number of hydrogen-bond acceptors (Lipinski definition) is 5. The highest BCUT2D eigenvalue weighted by molar-refractivity contribution is 9.10. The molecule has 0 saturated carbocycles. The summed E-state index contributed by atoms with van der Waals surface area (Å²) in [6, 6.07) is 9.48. The summed E-state index contributed by atoms with van der Waals surface area (Å²) in [5.41, 5.74) is 0.952. The van der Waals surface area contributed by atoms with Crippen molar-refractivity contribution < 1.29 is 17.9 Å². The zero-order valence-corrected chi connectivity index (χ0v) is 16.1. The first-order valence-corrected chi connectivity index (χ1v) is 9.64. The van der Waals surface area contributed by atoms with E-state index in [1.807, 2.05) is 13.0 Å². The van der Waals surface area contributed by atoms with Gasteiger partial charge in [-0.05, 0) is 53.2 Å². The molecule has 0 bridgehead atoms. The molecular formula is C16H18BrN3O4S. The monoisotopic (exact) mass is 427 g/mol. The second kappa shape index (κ2) is 8.52. The normalized spacial score (nSPS) is 11.3. The lowest BCUT2D eigenvalue weighted by atomic mass is 10.2. The molecule has 0 atom stereocenters. The lowest BCUT2D eigenvalue weighted by Gasteiger charge is -2.10. The number of sulfonamides is 1. The lowest BCUT2D eigenvalue weighted by Crippen LogP contribution is -2.27. The minimum atomic E-state index is -3.73. The molecule has 0 spiro atoms. The number of benzene rings is 1. The molecule has 134 valence electrons. The highest BCUT2D eigenvalue weighted by atomic mass is 79.9. The molecule has 1 aromatic carbocycles. The summed E-state index contributed by atoms with van der Waals surface area (Å²) in [6.07, 6.45) is 0. The number of nitrogens with one attached hydrogen (secondary N) is 2. The van der Waals surface area contributed by atoms with Gasteiger partial charge in [-0.2, -0.15) is 0 Å². The molecule has 2 rings (SSSR count). The number of methoxy groups -OCH3 is 1. The van der Waals surface area contributed by atoms with E-state index >= 15 is 0 Å². The summed E-state index contributed by atoms with van der Waals surface area (Å²) >= 11 is 3.27. The topological polar surface area (TPSA) is 97.4 Å². The minimum absolute atomic E-state index is 0.00541. The maximum atomic E-state index is 12.5. The quantitative estimate of drug-likeness (QED) is 0.660. The van der Waals surface area contributed by atoms with Gasteiger partial charge in [-0.25, -0.2) is 18.1 Å². The highest BCUT2D eigenvalue weighted by Crippen LogP contribution is 2.22. The largest absolute Gasteiger partial charge is 0.383 e. The molecular weight excluding hydrogens is 410 g/mol. The van der Waals surface area contributed by atoms with Crippen LogP contribution in [0.2, 0.25) is 0 Å². The third kappa shape index (κ3) is 5.33. The summed E-state index contributed by atoms with van der Waals surface area (Å²) in [6.45, 7) is 2.20. The van der Waals surface area contributed by atoms with Crippen LogP contribution in [0.1, 0.15) is 16.1 Å². The summed E-state index contributed by atoms with van der Waals surface area (Å²) in [4.78, 5) is 16.7. The number of halogens is 1. The number of aryl methyl sites for hydroxylation is 1. The Bertz CT molecular complexity index is 871. The van der Waals surface area contributed by atoms with Crippen LogP contribution >= 0.6 is 15.9 Å². The number of ether oxygens (including phenoxy) is 1. The fraction of sp³-hybridized carbons (Fsp3) is 0.250. The molecule has 0 fully saturated rings. The predicted molar refractivity (Wildman–Crippen MR) is 98.1 cm³/mol. The van der Waals surface area contributed by atoms with E-state index in [9.17, 15) is 13.2 Å². The third-order valence-electron chi connectivity index (χ3n) is 3.22. The van der Waals surface area contributed by atoms with E-state index < -0.39 is 15.9 Å². The van der Waals surface area contributed by atoms with E-state index in [0.717, 1.165) is 5.69 Å². The first-order valence-electron chi connectivity index (χ1n) is 7.36. The highest BCUT2D eigenvalue weighted by Gasteiger charge is 2.18. The number of aromatic nitrogens is 1. The number of rotatable bonds is 7. The van der Waals surface area contributed by atoms with E-state index in [-0.39, 0.29) is 23.6 Å². The Hall–Kier alpha value is -1.81. The van der Waals surface area contributed by atoms with Crippen LogP contribution in [-0.4, -0.2) is 39.6 Å². The number of pyridine rings is 1. The van der Waals surface area contributed by atoms with Crippen LogP contribution < -0.4 is 10.0 Å². The molecule has 0 aliphatic rings. The van der Waals surface area contributed by atoms with Gasteiger partial charge in [0.2, 0.25) is 10.0 Å². The van der Waals surface area contributed by atoms with Crippen molar-refractivity contribution in [1.29, 1.82) is 0 Å². The molecule has 25 heavy (non-hydrogen) atoms. The van der Waals surface area contributed by atoms with E-state index in [1.54, 1.807) is 12.1 Å². The van der Waals surface area contributed by atoms with Crippen LogP contribution in [0.5, 0.6) is 0 Å². The first kappa shape index (κ1) is 19.5. The number of carbonyl (C=O) groups is 1. The molecule has 1 amide bonds. The van der Waals surface area contributed by atoms with Crippen molar-refractivity contribution >= 4 is 37.7 Å². The van der Waals surface area contributed by atoms with Crippen molar-refractivity contribution in [3.8, 4) is 0 Å². The van der Waals surface area contributed by atoms with E-state index in [0.29, 0.717) is 10.3 Å². The van der Waals surface area contributed by atoms with Crippen LogP contribution in [0, 0.1) is 6.92 Å². The van der Waals surface area contributed by atoms with Crippen molar-refractivity contribution in [2.24, 2.45) is 0 Å². The zero-order chi connectivity index (χ0) is 18.4. The zero-order valence-electron chi connectivity index (χ0n) is 13.7. The van der Waals surface area contributed by atoms with Crippen molar-refractivity contribution in [1.82, 2.24) is 9.71 Å². The number of amides is 1. The average molecular weight is 428 g/mol. The molecule has 0 radical (unpaired) electrons. The number of carbonyl (C=O) groups excluding carboxylic acids is 1. The van der Waals surface area contributed by atoms with Gasteiger partial charge in [0.05, 0.1) is 17.1 Å². The van der Waals surface area contributed by atoms with Crippen molar-refractivity contribution in [2.75, 3.05) is 25.6 Å². The maximum Gasteiger partial charge on any atom is 0.258 e. The van der Waals surface area contributed by atoms with Crippen LogP contribution in [0.4, 0.5) is 5.82 Å². The fourth-order valence-corrected chi connectivity index (χ4v) is 3.47. The Morgan fingerprint density at radius 1 is 1.28 bits per heavy atom. The van der Waals surface area contributed by atoms with Gasteiger partial charge in [0.1, 0.15) is 5.82 Å². The molecule has 7 nitrogen and oxygen atoms in total. The fourth-order valence-electron chi connectivity index (χ4n) is 2.00. The van der Waals surface area contributed by atoms with Crippen molar-refractivity contribution in [3.05, 3.63) is 52.1 Å². The van der Waals surface area contributed by atoms with Gasteiger partial charge >= 0.3 is 0 Å². The van der Waals surface area contributed by atoms with Crippen molar-refractivity contribution in [2.45, 2.75) is 11.8 Å². The van der Waals surface area contributed by atoms with Crippen LogP contribution in [0.3, 0.4) is 0 Å². The molecule has 0 aliphatic heterocycles. The number of anilines is 1. The lowest BCUT2D eigenvalue weighted by molar-refractivity contribution is 0.102. The Morgan fingerprint density at radius 3 is 2.72 bits per heavy atom. The second-order valence-electron chi connectivity index (χ2n) is 5.15. The molecule has 0 aliphatic carbocycles. The molecule has 0 unspecified atom stereocenters. The number of nitrogens with zero attached hydrogens (tertiary/aromatic N) is 1. The van der Waals surface area contributed by atoms with Gasteiger partial charge in [0.25, 0.3) is 5.91 Å². The standard InChI is InChI=1S/C16H18BrN3O4S/c1-11-4-3-5-15(19-11)20-16(21)13-10-12(6-7-14(13)17)25(22,23)18-8-9-24-2/h3-7,10,18H,8-9H2,1-2H3,(H,19,20,21). The van der Waals surface area contributed by atoms with Gasteiger partial charge in [0, 0.05) is 23.8 Å². The Balaban J connectivity index is 2.25. The van der Waals surface area contributed by atoms with Crippen LogP contribution in [0.15, 0.2) is 45.8 Å². The Morgan fingerprint density at radius 2 is 2.04 bits per heavy atom. The molecule has 2 aromatic rings. The van der Waals surface area contributed by atoms with Crippen LogP contribution in [0.25, 0.3) is 0 Å². The average Bonchev–Trinajstić information content (AvgIpc) is 2.55. The Labute approximate surface area is 155 Å². The molecule has 0 saturated heterocycles. The van der Waals surface area contributed by atoms with Gasteiger partial charge < -0.3 is 10.1 Å². The van der Waals surface area contributed by atoms with Gasteiger partial charge in [-0.3, -0.25) is 4.79 Å². The maximum absolute atomic E-state index is 12.5. The molecule has 9 heteroatoms. The number of hydrogen-bond donors (Lipinski definition) is 2. The SMILES string of the molecule is COCCNS(=O)(=O)c1ccc(Br)c(C(=O)Nc2cccc(C)n2)c1. The summed E-state index contributed by atoms with van der Waals surface area (Å²) in [5.74, 6) is -0.0673. The van der Waals surface area contributed by atoms with Crippen molar-refractivity contribution in [3.63, 3.8) is 0 Å². The molecule has 1 aromatic heterocycles. The van der Waals surface area contributed by atoms with Crippen LogP contribution in [-0.2, 0) is 14.8 Å². The van der Waals surface area contributed by atoms with Gasteiger partial charge in [-0.15, -0.1) is 0 Å². The van der Waals surface area contributed by atoms with E-state index in [1.165, 1.54) is 25.3 Å². The predicted octanol–water partition coefficient (Wildman–Crippen LogP) is 2.33. The Kier molecular flexibility index (Phi) is 6.65. The minimum Gasteiger partial charge on any atom is -0.383 e. The van der Waals surface area contributed by atoms with E-state index in [2.05, 4.69) is 31.0 Å². The second-order valence-corrected chi connectivity index (χ2v) is 7.77. The summed E-state index contributed by atoms with van der Waals surface area (Å²) in [5, 5.41) is 2.66. The van der Waals surface area contributed by atoms with Gasteiger partial charge in [0.15, 0.2) is 0 Å². The molecule has 2 N–H and O–H groups in total. The first-order chi connectivity index (χ1) is 11.8. The van der Waals surface area contributed by atoms with Gasteiger partial charge in [-0.1, -0.05) is 6.07 Å². The molecule has 1 heterocycles. The third-order valence-corrected chi connectivity index (χ3v) is 5.37.